The fourth-order valence-corrected chi connectivity index (χ4v) is 2.22. The lowest BCUT2D eigenvalue weighted by atomic mass is 10.1. The molecule has 106 valence electrons. The number of hydrogen-bond acceptors (Lipinski definition) is 3. The van der Waals surface area contributed by atoms with Crippen LogP contribution in [0.1, 0.15) is 18.5 Å². The summed E-state index contributed by atoms with van der Waals surface area (Å²) in [5, 5.41) is 7.30. The van der Waals surface area contributed by atoms with E-state index < -0.39 is 0 Å². The number of likely N-dealkylation sites (N-methyl/N-ethyl adjacent to an activating group) is 1. The van der Waals surface area contributed by atoms with E-state index in [1.165, 1.54) is 0 Å². The molecule has 1 fully saturated rings. The highest BCUT2D eigenvalue weighted by atomic mass is 35.5. The molecule has 2 rings (SSSR count). The van der Waals surface area contributed by atoms with Crippen molar-refractivity contribution < 1.29 is 4.79 Å². The van der Waals surface area contributed by atoms with Gasteiger partial charge in [0.15, 0.2) is 0 Å². The molecule has 0 spiro atoms. The lowest BCUT2D eigenvalue weighted by Gasteiger charge is -2.31. The Morgan fingerprint density at radius 1 is 1.58 bits per heavy atom. The van der Waals surface area contributed by atoms with Crippen LogP contribution in [0.25, 0.3) is 6.08 Å². The van der Waals surface area contributed by atoms with Gasteiger partial charge in [0.1, 0.15) is 0 Å². The Bertz CT molecular complexity index is 444. The van der Waals surface area contributed by atoms with Crippen LogP contribution in [0.5, 0.6) is 0 Å². The fraction of sp³-hybridized carbons (Fsp3) is 0.538. The van der Waals surface area contributed by atoms with E-state index in [2.05, 4.69) is 10.4 Å². The third kappa shape index (κ3) is 4.08. The summed E-state index contributed by atoms with van der Waals surface area (Å²) in [5.41, 5.74) is 0.936. The van der Waals surface area contributed by atoms with Crippen molar-refractivity contribution in [2.45, 2.75) is 18.9 Å². The van der Waals surface area contributed by atoms with E-state index in [1.54, 1.807) is 17.0 Å². The van der Waals surface area contributed by atoms with Gasteiger partial charge in [-0.05, 0) is 32.0 Å². The summed E-state index contributed by atoms with van der Waals surface area (Å²) < 4.78 is 1.75. The maximum Gasteiger partial charge on any atom is 0.246 e. The van der Waals surface area contributed by atoms with Crippen LogP contribution in [-0.4, -0.2) is 46.8 Å². The molecular weight excluding hydrogens is 264 g/mol. The number of nitrogens with zero attached hydrogens (tertiary/aromatic N) is 3. The molecule has 1 aliphatic rings. The van der Waals surface area contributed by atoms with Gasteiger partial charge in [-0.3, -0.25) is 9.48 Å². The minimum atomic E-state index is 0. The van der Waals surface area contributed by atoms with Gasteiger partial charge in [-0.25, -0.2) is 0 Å². The first-order valence-electron chi connectivity index (χ1n) is 6.33. The van der Waals surface area contributed by atoms with E-state index in [-0.39, 0.29) is 18.3 Å². The third-order valence-corrected chi connectivity index (χ3v) is 3.40. The zero-order chi connectivity index (χ0) is 13.0. The number of aromatic nitrogens is 2. The van der Waals surface area contributed by atoms with E-state index in [0.717, 1.165) is 31.6 Å². The van der Waals surface area contributed by atoms with Crippen LogP contribution in [-0.2, 0) is 11.8 Å². The van der Waals surface area contributed by atoms with Gasteiger partial charge in [0.25, 0.3) is 0 Å². The normalized spacial score (nSPS) is 19.5. The van der Waals surface area contributed by atoms with Gasteiger partial charge in [-0.15, -0.1) is 12.4 Å². The van der Waals surface area contributed by atoms with Crippen molar-refractivity contribution in [2.75, 3.05) is 20.1 Å². The average Bonchev–Trinajstić information content (AvgIpc) is 2.81. The second kappa shape index (κ2) is 7.31. The van der Waals surface area contributed by atoms with Gasteiger partial charge < -0.3 is 10.2 Å². The lowest BCUT2D eigenvalue weighted by Crippen LogP contribution is -2.46. The van der Waals surface area contributed by atoms with Crippen molar-refractivity contribution in [1.29, 1.82) is 0 Å². The van der Waals surface area contributed by atoms with E-state index in [4.69, 9.17) is 0 Å². The molecule has 0 aromatic carbocycles. The quantitative estimate of drug-likeness (QED) is 0.845. The Hall–Kier alpha value is -1.33. The van der Waals surface area contributed by atoms with Crippen LogP contribution in [0.4, 0.5) is 0 Å². The van der Waals surface area contributed by atoms with E-state index in [9.17, 15) is 4.79 Å². The van der Waals surface area contributed by atoms with Crippen LogP contribution in [0.2, 0.25) is 0 Å². The molecule has 1 aromatic heterocycles. The summed E-state index contributed by atoms with van der Waals surface area (Å²) >= 11 is 0. The van der Waals surface area contributed by atoms with E-state index >= 15 is 0 Å². The summed E-state index contributed by atoms with van der Waals surface area (Å²) in [6.07, 6.45) is 7.39. The molecule has 0 radical (unpaired) electrons. The van der Waals surface area contributed by atoms with E-state index in [1.807, 2.05) is 31.1 Å². The number of carbonyl (C=O) groups is 1. The average molecular weight is 285 g/mol. The molecule has 5 nitrogen and oxygen atoms in total. The number of halogens is 1. The number of amides is 1. The summed E-state index contributed by atoms with van der Waals surface area (Å²) in [6.45, 7) is 1.65. The second-order valence-corrected chi connectivity index (χ2v) is 4.63. The monoisotopic (exact) mass is 284 g/mol. The maximum atomic E-state index is 12.0. The molecule has 1 atom stereocenters. The molecule has 6 heteroatoms. The summed E-state index contributed by atoms with van der Waals surface area (Å²) in [7, 11) is 3.81. The standard InChI is InChI=1S/C13H20N4O.ClH/c1-14-11-4-3-9-17(10-11)13(18)6-5-12-7-8-15-16(12)2;/h5-8,11,14H,3-4,9-10H2,1-2H3;1H. The number of rotatable bonds is 3. The van der Waals surface area contributed by atoms with Crippen LogP contribution >= 0.6 is 12.4 Å². The first-order chi connectivity index (χ1) is 8.70. The van der Waals surface area contributed by atoms with Crippen molar-refractivity contribution in [3.05, 3.63) is 24.0 Å². The topological polar surface area (TPSA) is 50.2 Å². The summed E-state index contributed by atoms with van der Waals surface area (Å²) in [5.74, 6) is 0.0798. The number of nitrogens with one attached hydrogen (secondary N) is 1. The molecular formula is C13H21ClN4O. The van der Waals surface area contributed by atoms with Crippen LogP contribution in [0.3, 0.4) is 0 Å². The van der Waals surface area contributed by atoms with Crippen molar-refractivity contribution in [2.24, 2.45) is 7.05 Å². The molecule has 0 aliphatic carbocycles. The minimum Gasteiger partial charge on any atom is -0.338 e. The Morgan fingerprint density at radius 2 is 2.37 bits per heavy atom. The Labute approximate surface area is 120 Å². The second-order valence-electron chi connectivity index (χ2n) is 4.63. The highest BCUT2D eigenvalue weighted by molar-refractivity contribution is 5.91. The summed E-state index contributed by atoms with van der Waals surface area (Å²) in [4.78, 5) is 13.9. The van der Waals surface area contributed by atoms with Gasteiger partial charge >= 0.3 is 0 Å². The van der Waals surface area contributed by atoms with Gasteiger partial charge in [0.2, 0.25) is 5.91 Å². The van der Waals surface area contributed by atoms with Gasteiger partial charge in [0, 0.05) is 38.5 Å². The highest BCUT2D eigenvalue weighted by Gasteiger charge is 2.20. The third-order valence-electron chi connectivity index (χ3n) is 3.40. The molecule has 0 bridgehead atoms. The van der Waals surface area contributed by atoms with Crippen LogP contribution in [0, 0.1) is 0 Å². The van der Waals surface area contributed by atoms with Crippen molar-refractivity contribution in [3.8, 4) is 0 Å². The first kappa shape index (κ1) is 15.7. The largest absolute Gasteiger partial charge is 0.338 e. The number of hydrogen-bond donors (Lipinski definition) is 1. The zero-order valence-corrected chi connectivity index (χ0v) is 12.2. The van der Waals surface area contributed by atoms with Crippen LogP contribution < -0.4 is 5.32 Å². The fourth-order valence-electron chi connectivity index (χ4n) is 2.22. The maximum absolute atomic E-state index is 12.0. The molecule has 2 heterocycles. The molecule has 1 aromatic rings. The van der Waals surface area contributed by atoms with E-state index in [0.29, 0.717) is 6.04 Å². The Kier molecular flexibility index (Phi) is 6.05. The zero-order valence-electron chi connectivity index (χ0n) is 11.4. The van der Waals surface area contributed by atoms with Crippen molar-refractivity contribution in [1.82, 2.24) is 20.0 Å². The summed E-state index contributed by atoms with van der Waals surface area (Å²) in [6, 6.07) is 2.31. The molecule has 1 N–H and O–H groups in total. The van der Waals surface area contributed by atoms with Gasteiger partial charge in [-0.2, -0.15) is 5.10 Å². The number of carbonyl (C=O) groups excluding carboxylic acids is 1. The molecule has 1 saturated heterocycles. The predicted molar refractivity (Wildman–Crippen MR) is 78.2 cm³/mol. The van der Waals surface area contributed by atoms with Crippen molar-refractivity contribution >= 4 is 24.4 Å². The Morgan fingerprint density at radius 3 is 3.00 bits per heavy atom. The predicted octanol–water partition coefficient (Wildman–Crippen LogP) is 1.07. The number of likely N-dealkylation sites (tertiary alicyclic amines) is 1. The molecule has 19 heavy (non-hydrogen) atoms. The molecule has 0 saturated carbocycles. The number of aryl methyl sites for hydroxylation is 1. The Balaban J connectivity index is 0.00000180. The molecule has 1 amide bonds. The number of piperidine rings is 1. The first-order valence-corrected chi connectivity index (χ1v) is 6.33. The smallest absolute Gasteiger partial charge is 0.246 e. The molecule has 1 aliphatic heterocycles. The van der Waals surface area contributed by atoms with Gasteiger partial charge in [0.05, 0.1) is 5.69 Å². The highest BCUT2D eigenvalue weighted by Crippen LogP contribution is 2.10. The lowest BCUT2D eigenvalue weighted by molar-refractivity contribution is -0.127. The van der Waals surface area contributed by atoms with Crippen molar-refractivity contribution in [3.63, 3.8) is 0 Å². The molecule has 1 unspecified atom stereocenters. The van der Waals surface area contributed by atoms with Crippen LogP contribution in [0.15, 0.2) is 18.3 Å². The minimum absolute atomic E-state index is 0. The van der Waals surface area contributed by atoms with Gasteiger partial charge in [-0.1, -0.05) is 0 Å². The SMILES string of the molecule is CNC1CCCN(C(=O)C=Cc2ccnn2C)C1.Cl.